The molecule has 1 N–H and O–H groups in total. The van der Waals surface area contributed by atoms with Crippen molar-refractivity contribution >= 4 is 77.4 Å². The van der Waals surface area contributed by atoms with Gasteiger partial charge in [0.05, 0.1) is 27.5 Å². The van der Waals surface area contributed by atoms with Gasteiger partial charge in [-0.3, -0.25) is 0 Å². The van der Waals surface area contributed by atoms with Crippen molar-refractivity contribution in [3.8, 4) is 61.3 Å². The Hall–Kier alpha value is -10.8. The molecule has 6 heteroatoms. The molecule has 1 unspecified atom stereocenters. The number of para-hydroxylation sites is 2. The highest BCUT2D eigenvalue weighted by Gasteiger charge is 2.28. The molecule has 4 heterocycles. The van der Waals surface area contributed by atoms with E-state index in [1.165, 1.54) is 0 Å². The zero-order valence-electron chi connectivity index (χ0n) is 43.8. The van der Waals surface area contributed by atoms with Gasteiger partial charge in [0.15, 0.2) is 5.84 Å². The molecule has 6 nitrogen and oxygen atoms in total. The van der Waals surface area contributed by atoms with Gasteiger partial charge >= 0.3 is 0 Å². The molecule has 0 amide bonds. The van der Waals surface area contributed by atoms with Gasteiger partial charge in [-0.25, -0.2) is 9.98 Å². The van der Waals surface area contributed by atoms with Crippen LogP contribution in [-0.2, 0) is 0 Å². The fraction of sp³-hybridized carbons (Fsp3) is 0.0133. The van der Waals surface area contributed by atoms with Crippen molar-refractivity contribution in [3.05, 3.63) is 296 Å². The number of benzene rings is 12. The Kier molecular flexibility index (Phi) is 10.8. The van der Waals surface area contributed by atoms with Crippen LogP contribution < -0.4 is 5.32 Å². The molecule has 380 valence electrons. The highest BCUT2D eigenvalue weighted by Crippen LogP contribution is 2.47. The molecule has 0 aliphatic carbocycles. The summed E-state index contributed by atoms with van der Waals surface area (Å²) in [6.07, 6.45) is -0.470. The van der Waals surface area contributed by atoms with Gasteiger partial charge in [-0.1, -0.05) is 212 Å². The quantitative estimate of drug-likeness (QED) is 0.157. The third kappa shape index (κ3) is 7.87. The molecule has 0 bridgehead atoms. The van der Waals surface area contributed by atoms with Gasteiger partial charge in [-0.2, -0.15) is 0 Å². The Morgan fingerprint density at radius 2 is 0.827 bits per heavy atom. The maximum absolute atomic E-state index is 7.03. The Balaban J connectivity index is 0.940. The Bertz CT molecular complexity index is 4860. The summed E-state index contributed by atoms with van der Waals surface area (Å²) >= 11 is 0. The van der Waals surface area contributed by atoms with E-state index in [2.05, 4.69) is 277 Å². The number of furan rings is 2. The average molecular weight is 1040 g/mol. The summed E-state index contributed by atoms with van der Waals surface area (Å²) in [5, 5.41) is 10.2. The fourth-order valence-corrected chi connectivity index (χ4v) is 12.2. The normalized spacial score (nSPS) is 13.6. The van der Waals surface area contributed by atoms with Crippen LogP contribution in [0.1, 0.15) is 22.9 Å². The first kappa shape index (κ1) is 46.3. The third-order valence-electron chi connectivity index (χ3n) is 16.0. The highest BCUT2D eigenvalue weighted by atomic mass is 16.3. The van der Waals surface area contributed by atoms with E-state index in [4.69, 9.17) is 18.8 Å². The predicted molar refractivity (Wildman–Crippen MR) is 334 cm³/mol. The highest BCUT2D eigenvalue weighted by molar-refractivity contribution is 6.29. The minimum Gasteiger partial charge on any atom is -0.455 e. The number of nitrogens with one attached hydrogen (secondary N) is 1. The van der Waals surface area contributed by atoms with Crippen molar-refractivity contribution in [2.75, 3.05) is 0 Å². The third-order valence-corrected chi connectivity index (χ3v) is 16.0. The Morgan fingerprint density at radius 1 is 0.333 bits per heavy atom. The SMILES string of the molecule is c1ccc(-c2ccc(C3N=C(c4cc(-c5ccccc5)cc(-c5ccccc5)c4)N=C(c4cc(-c5ccccc5)c(-n5c6ccccc6c6c7oc8ccc9c%10ccccc%10oc9c8c7ccc65)c(-c5ccccc5)c4)N3)cc2)cc1. The number of nitrogens with zero attached hydrogens (tertiary/aromatic N) is 3. The van der Waals surface area contributed by atoms with E-state index in [0.29, 0.717) is 11.7 Å². The lowest BCUT2D eigenvalue weighted by Gasteiger charge is -2.26. The number of rotatable bonds is 9. The smallest absolute Gasteiger partial charge is 0.159 e. The molecular weight excluding hydrogens is 989 g/mol. The number of fused-ring (bicyclic) bond motifs is 11. The molecule has 0 spiro atoms. The first-order chi connectivity index (χ1) is 40.1. The number of hydrogen-bond acceptors (Lipinski definition) is 5. The minimum atomic E-state index is -0.470. The van der Waals surface area contributed by atoms with Crippen molar-refractivity contribution in [2.24, 2.45) is 9.98 Å². The summed E-state index contributed by atoms with van der Waals surface area (Å²) in [5.41, 5.74) is 20.2. The molecule has 3 aromatic heterocycles. The van der Waals surface area contributed by atoms with Gasteiger partial charge in [0.2, 0.25) is 0 Å². The van der Waals surface area contributed by atoms with E-state index in [1.54, 1.807) is 0 Å². The van der Waals surface area contributed by atoms with Crippen LogP contribution in [0, 0.1) is 0 Å². The lowest BCUT2D eigenvalue weighted by molar-refractivity contribution is 0.665. The molecule has 0 radical (unpaired) electrons. The van der Waals surface area contributed by atoms with E-state index < -0.39 is 6.17 Å². The van der Waals surface area contributed by atoms with Crippen LogP contribution >= 0.6 is 0 Å². The predicted octanol–water partition coefficient (Wildman–Crippen LogP) is 19.4. The maximum Gasteiger partial charge on any atom is 0.159 e. The molecule has 1 aliphatic rings. The van der Waals surface area contributed by atoms with E-state index in [9.17, 15) is 0 Å². The van der Waals surface area contributed by atoms with Crippen molar-refractivity contribution in [2.45, 2.75) is 6.17 Å². The van der Waals surface area contributed by atoms with Gasteiger partial charge in [-0.15, -0.1) is 0 Å². The molecule has 12 aromatic carbocycles. The van der Waals surface area contributed by atoms with Crippen LogP contribution in [0.5, 0.6) is 0 Å². The molecule has 15 aromatic rings. The Morgan fingerprint density at radius 3 is 1.46 bits per heavy atom. The molecule has 1 aliphatic heterocycles. The summed E-state index contributed by atoms with van der Waals surface area (Å²) in [6.45, 7) is 0. The summed E-state index contributed by atoms with van der Waals surface area (Å²) in [5.74, 6) is 1.35. The minimum absolute atomic E-state index is 0.470. The lowest BCUT2D eigenvalue weighted by Crippen LogP contribution is -2.33. The first-order valence-electron chi connectivity index (χ1n) is 27.5. The monoisotopic (exact) mass is 1040 g/mol. The number of aromatic nitrogens is 1. The number of aliphatic imine (C=N–C) groups is 2. The van der Waals surface area contributed by atoms with Crippen molar-refractivity contribution in [1.82, 2.24) is 9.88 Å². The van der Waals surface area contributed by atoms with Crippen LogP contribution in [0.25, 0.3) is 127 Å². The van der Waals surface area contributed by atoms with E-state index >= 15 is 0 Å². The van der Waals surface area contributed by atoms with Crippen LogP contribution in [0.15, 0.2) is 298 Å². The number of amidine groups is 2. The van der Waals surface area contributed by atoms with Gasteiger partial charge in [0.25, 0.3) is 0 Å². The van der Waals surface area contributed by atoms with Crippen LogP contribution in [0.4, 0.5) is 0 Å². The molecule has 0 fully saturated rings. The van der Waals surface area contributed by atoms with E-state index in [-0.39, 0.29) is 0 Å². The van der Waals surface area contributed by atoms with Crippen molar-refractivity contribution in [3.63, 3.8) is 0 Å². The molecular formula is C75H48N4O2. The van der Waals surface area contributed by atoms with E-state index in [1.807, 2.05) is 12.1 Å². The second-order valence-corrected chi connectivity index (χ2v) is 20.8. The van der Waals surface area contributed by atoms with Crippen molar-refractivity contribution in [1.29, 1.82) is 0 Å². The van der Waals surface area contributed by atoms with Gasteiger partial charge in [-0.05, 0) is 117 Å². The van der Waals surface area contributed by atoms with Crippen molar-refractivity contribution < 1.29 is 8.83 Å². The zero-order chi connectivity index (χ0) is 53.4. The van der Waals surface area contributed by atoms with Crippen LogP contribution in [0.3, 0.4) is 0 Å². The Labute approximate surface area is 466 Å². The molecule has 16 rings (SSSR count). The summed E-state index contributed by atoms with van der Waals surface area (Å²) in [7, 11) is 0. The summed E-state index contributed by atoms with van der Waals surface area (Å²) in [6, 6.07) is 98.9. The van der Waals surface area contributed by atoms with Gasteiger partial charge < -0.3 is 18.7 Å². The fourth-order valence-electron chi connectivity index (χ4n) is 12.2. The standard InChI is InChI=1S/C75H48N4O2/c1-6-20-47(21-7-1)50-34-36-53(37-35-50)73-76-74(56-43-54(48-22-8-2-9-23-48)42-55(44-56)49-24-10-3-11-25-49)78-75(77-73)57-45-62(51-26-12-4-13-27-51)70(63(46-57)52-28-14-5-15-29-52)79-64-32-18-16-31-60(64)68-65(79)40-38-61-69-67(81-72(61)68)41-39-59-58-30-17-19-33-66(58)80-71(59)69/h1-46,73H,(H,76,77,78). The largest absolute Gasteiger partial charge is 0.455 e. The van der Waals surface area contributed by atoms with Gasteiger partial charge in [0, 0.05) is 43.8 Å². The molecule has 1 atom stereocenters. The topological polar surface area (TPSA) is 68.0 Å². The number of hydrogen-bond donors (Lipinski definition) is 1. The van der Waals surface area contributed by atoms with Crippen LogP contribution in [-0.4, -0.2) is 16.2 Å². The summed E-state index contributed by atoms with van der Waals surface area (Å²) in [4.78, 5) is 11.1. The molecule has 0 saturated heterocycles. The molecule has 0 saturated carbocycles. The average Bonchev–Trinajstić information content (AvgIpc) is 4.32. The van der Waals surface area contributed by atoms with E-state index in [0.717, 1.165) is 144 Å². The molecule has 81 heavy (non-hydrogen) atoms. The second-order valence-electron chi connectivity index (χ2n) is 20.8. The van der Waals surface area contributed by atoms with Gasteiger partial charge in [0.1, 0.15) is 34.3 Å². The first-order valence-corrected chi connectivity index (χ1v) is 27.5. The second kappa shape index (κ2) is 19.0. The van der Waals surface area contributed by atoms with Crippen LogP contribution in [0.2, 0.25) is 0 Å². The zero-order valence-corrected chi connectivity index (χ0v) is 43.8. The maximum atomic E-state index is 7.03. The summed E-state index contributed by atoms with van der Waals surface area (Å²) < 4.78 is 16.1. The lowest BCUT2D eigenvalue weighted by atomic mass is 9.92.